The molecule has 2 aromatic rings. The molecule has 2 aliphatic rings. The molecule has 10 nitrogen and oxygen atoms in total. The van der Waals surface area contributed by atoms with Crippen molar-refractivity contribution in [1.82, 2.24) is 15.5 Å². The fourth-order valence-corrected chi connectivity index (χ4v) is 5.05. The topological polar surface area (TPSA) is 131 Å². The third-order valence-electron chi connectivity index (χ3n) is 7.17. The number of nitro groups is 1. The zero-order valence-electron chi connectivity index (χ0n) is 20.9. The van der Waals surface area contributed by atoms with Crippen molar-refractivity contribution in [3.8, 4) is 5.75 Å². The molecular weight excluding hydrogens is 476 g/mol. The minimum atomic E-state index is -0.506. The van der Waals surface area contributed by atoms with Crippen LogP contribution in [-0.4, -0.2) is 59.8 Å². The summed E-state index contributed by atoms with van der Waals surface area (Å²) in [7, 11) is 1.57. The number of methoxy groups -OCH3 is 1. The Bertz CT molecular complexity index is 1130. The average molecular weight is 509 g/mol. The first kappa shape index (κ1) is 26.1. The number of benzene rings is 2. The first-order valence-corrected chi connectivity index (χ1v) is 12.6. The van der Waals surface area contributed by atoms with Crippen LogP contribution in [0.15, 0.2) is 48.5 Å². The lowest BCUT2D eigenvalue weighted by atomic mass is 9.88. The fourth-order valence-electron chi connectivity index (χ4n) is 5.05. The van der Waals surface area contributed by atoms with Crippen molar-refractivity contribution < 1.29 is 24.0 Å². The maximum absolute atomic E-state index is 13.2. The average Bonchev–Trinajstić information content (AvgIpc) is 2.93. The van der Waals surface area contributed by atoms with Gasteiger partial charge in [-0.2, -0.15) is 0 Å². The number of amides is 3. The number of ether oxygens (including phenoxy) is 1. The highest BCUT2D eigenvalue weighted by Gasteiger charge is 2.33. The van der Waals surface area contributed by atoms with Crippen molar-refractivity contribution in [1.29, 1.82) is 0 Å². The maximum Gasteiger partial charge on any atom is 0.269 e. The van der Waals surface area contributed by atoms with Crippen LogP contribution in [0.1, 0.15) is 59.2 Å². The van der Waals surface area contributed by atoms with Crippen molar-refractivity contribution in [2.45, 2.75) is 50.6 Å². The lowest BCUT2D eigenvalue weighted by molar-refractivity contribution is -0.384. The first-order chi connectivity index (χ1) is 17.9. The molecule has 4 rings (SSSR count). The van der Waals surface area contributed by atoms with Gasteiger partial charge in [0.15, 0.2) is 0 Å². The monoisotopic (exact) mass is 508 g/mol. The highest BCUT2D eigenvalue weighted by atomic mass is 16.6. The Balaban J connectivity index is 1.35. The molecule has 3 amide bonds. The molecule has 1 saturated carbocycles. The third-order valence-corrected chi connectivity index (χ3v) is 7.17. The van der Waals surface area contributed by atoms with Gasteiger partial charge in [0.25, 0.3) is 17.5 Å². The van der Waals surface area contributed by atoms with Crippen molar-refractivity contribution >= 4 is 23.4 Å². The van der Waals surface area contributed by atoms with Gasteiger partial charge in [-0.3, -0.25) is 24.5 Å². The highest BCUT2D eigenvalue weighted by molar-refractivity contribution is 5.95. The van der Waals surface area contributed by atoms with E-state index in [0.717, 1.165) is 25.7 Å². The molecule has 1 aliphatic heterocycles. The zero-order chi connectivity index (χ0) is 26.4. The van der Waals surface area contributed by atoms with Crippen molar-refractivity contribution in [2.75, 3.05) is 20.2 Å². The number of nitrogens with zero attached hydrogens (tertiary/aromatic N) is 2. The van der Waals surface area contributed by atoms with Gasteiger partial charge < -0.3 is 20.3 Å². The largest absolute Gasteiger partial charge is 0.497 e. The van der Waals surface area contributed by atoms with Gasteiger partial charge in [-0.15, -0.1) is 0 Å². The van der Waals surface area contributed by atoms with E-state index < -0.39 is 4.92 Å². The van der Waals surface area contributed by atoms with Gasteiger partial charge in [0.2, 0.25) is 5.91 Å². The van der Waals surface area contributed by atoms with E-state index in [1.165, 1.54) is 24.3 Å². The molecule has 2 N–H and O–H groups in total. The van der Waals surface area contributed by atoms with Gasteiger partial charge >= 0.3 is 0 Å². The lowest BCUT2D eigenvalue weighted by Crippen LogP contribution is -2.55. The minimum absolute atomic E-state index is 0.0754. The summed E-state index contributed by atoms with van der Waals surface area (Å²) < 4.78 is 5.15. The summed E-state index contributed by atoms with van der Waals surface area (Å²) in [6.07, 6.45) is 4.86. The van der Waals surface area contributed by atoms with Crippen LogP contribution in [0.2, 0.25) is 0 Å². The number of likely N-dealkylation sites (tertiary alicyclic amines) is 1. The van der Waals surface area contributed by atoms with E-state index in [1.54, 1.807) is 36.3 Å². The molecule has 0 bridgehead atoms. The molecule has 10 heteroatoms. The van der Waals surface area contributed by atoms with E-state index >= 15 is 0 Å². The van der Waals surface area contributed by atoms with E-state index in [2.05, 4.69) is 10.6 Å². The second kappa shape index (κ2) is 11.9. The Hall–Kier alpha value is -3.95. The molecule has 1 saturated heterocycles. The molecule has 0 radical (unpaired) electrons. The van der Waals surface area contributed by atoms with E-state index in [9.17, 15) is 24.5 Å². The Kier molecular flexibility index (Phi) is 8.37. The van der Waals surface area contributed by atoms with Crippen LogP contribution >= 0.6 is 0 Å². The molecule has 0 spiro atoms. The van der Waals surface area contributed by atoms with Crippen LogP contribution in [0, 0.1) is 16.0 Å². The number of non-ortho nitro benzene ring substituents is 1. The van der Waals surface area contributed by atoms with Crippen molar-refractivity contribution in [3.05, 3.63) is 69.8 Å². The normalized spacial score (nSPS) is 21.5. The second-order valence-electron chi connectivity index (χ2n) is 9.60. The van der Waals surface area contributed by atoms with E-state index in [-0.39, 0.29) is 48.0 Å². The van der Waals surface area contributed by atoms with Crippen LogP contribution in [-0.2, 0) is 4.79 Å². The summed E-state index contributed by atoms with van der Waals surface area (Å²) >= 11 is 0. The van der Waals surface area contributed by atoms with Crippen molar-refractivity contribution in [2.24, 2.45) is 5.92 Å². The third kappa shape index (κ3) is 6.44. The standard InChI is InChI=1S/C27H32N4O6/c1-37-22-14-10-18(11-15-22)25(32)28-23-6-2-3-7-24(23)29-26(33)20-5-4-16-30(17-20)27(34)19-8-12-21(13-9-19)31(35)36/h8-15,20,23-24H,2-7,16-17H2,1H3,(H,28,32)(H,29,33)/t20-,23-,24-/m1/s1. The summed E-state index contributed by atoms with van der Waals surface area (Å²) in [6, 6.07) is 12.1. The Morgan fingerprint density at radius 3 is 2.14 bits per heavy atom. The Labute approximate surface area is 215 Å². The molecule has 2 aromatic carbocycles. The Morgan fingerprint density at radius 2 is 1.51 bits per heavy atom. The molecule has 1 aliphatic carbocycles. The first-order valence-electron chi connectivity index (χ1n) is 12.6. The maximum atomic E-state index is 13.2. The molecule has 0 unspecified atom stereocenters. The number of hydrogen-bond acceptors (Lipinski definition) is 6. The molecular formula is C27H32N4O6. The predicted octanol–water partition coefficient (Wildman–Crippen LogP) is 3.31. The number of nitro benzene ring substituents is 1. The van der Waals surface area contributed by atoms with Crippen LogP contribution in [0.3, 0.4) is 0 Å². The molecule has 196 valence electrons. The van der Waals surface area contributed by atoms with Crippen molar-refractivity contribution in [3.63, 3.8) is 0 Å². The quantitative estimate of drug-likeness (QED) is 0.436. The summed E-state index contributed by atoms with van der Waals surface area (Å²) in [5, 5.41) is 17.1. The van der Waals surface area contributed by atoms with Gasteiger partial charge in [-0.25, -0.2) is 0 Å². The zero-order valence-corrected chi connectivity index (χ0v) is 20.9. The minimum Gasteiger partial charge on any atom is -0.497 e. The summed E-state index contributed by atoms with van der Waals surface area (Å²) in [5.74, 6) is -0.221. The van der Waals surface area contributed by atoms with Gasteiger partial charge in [-0.1, -0.05) is 12.8 Å². The van der Waals surface area contributed by atoms with Crippen LogP contribution in [0.4, 0.5) is 5.69 Å². The van der Waals surface area contributed by atoms with Gasteiger partial charge in [0.1, 0.15) is 5.75 Å². The fraction of sp³-hybridized carbons (Fsp3) is 0.444. The van der Waals surface area contributed by atoms with Crippen LogP contribution < -0.4 is 15.4 Å². The van der Waals surface area contributed by atoms with E-state index in [1.807, 2.05) is 0 Å². The summed E-state index contributed by atoms with van der Waals surface area (Å²) in [6.45, 7) is 0.820. The van der Waals surface area contributed by atoms with E-state index in [4.69, 9.17) is 4.74 Å². The highest BCUT2D eigenvalue weighted by Crippen LogP contribution is 2.23. The lowest BCUT2D eigenvalue weighted by Gasteiger charge is -2.36. The molecule has 3 atom stereocenters. The number of nitrogens with one attached hydrogen (secondary N) is 2. The van der Waals surface area contributed by atoms with Crippen LogP contribution in [0.25, 0.3) is 0 Å². The molecule has 1 heterocycles. The molecule has 2 fully saturated rings. The van der Waals surface area contributed by atoms with E-state index in [0.29, 0.717) is 36.3 Å². The number of carbonyl (C=O) groups excluding carboxylic acids is 3. The summed E-state index contributed by atoms with van der Waals surface area (Å²) in [5.41, 5.74) is 0.818. The second-order valence-corrected chi connectivity index (χ2v) is 9.60. The smallest absolute Gasteiger partial charge is 0.269 e. The molecule has 37 heavy (non-hydrogen) atoms. The van der Waals surface area contributed by atoms with Crippen LogP contribution in [0.5, 0.6) is 5.75 Å². The molecule has 0 aromatic heterocycles. The predicted molar refractivity (Wildman–Crippen MR) is 136 cm³/mol. The number of hydrogen-bond donors (Lipinski definition) is 2. The summed E-state index contributed by atoms with van der Waals surface area (Å²) in [4.78, 5) is 51.0. The number of carbonyl (C=O) groups is 3. The number of rotatable bonds is 7. The van der Waals surface area contributed by atoms with Gasteiger partial charge in [-0.05, 0) is 62.1 Å². The van der Waals surface area contributed by atoms with Gasteiger partial charge in [0, 0.05) is 48.4 Å². The Morgan fingerprint density at radius 1 is 0.892 bits per heavy atom. The SMILES string of the molecule is COc1ccc(C(=O)N[C@@H]2CCCC[C@H]2NC(=O)[C@@H]2CCCN(C(=O)c3ccc([N+](=O)[O-])cc3)C2)cc1. The number of piperidine rings is 1. The van der Waals surface area contributed by atoms with Gasteiger partial charge in [0.05, 0.1) is 18.0 Å².